The molecular formula is C15H16BrN5O4S. The highest BCUT2D eigenvalue weighted by molar-refractivity contribution is 9.10. The van der Waals surface area contributed by atoms with Gasteiger partial charge in [-0.2, -0.15) is 0 Å². The molecule has 1 aromatic carbocycles. The van der Waals surface area contributed by atoms with Crippen LogP contribution in [-0.2, 0) is 10.0 Å². The highest BCUT2D eigenvalue weighted by Gasteiger charge is 2.24. The number of para-hydroxylation sites is 1. The van der Waals surface area contributed by atoms with Crippen molar-refractivity contribution in [2.45, 2.75) is 4.90 Å². The topological polar surface area (TPSA) is 123 Å². The van der Waals surface area contributed by atoms with Gasteiger partial charge in [-0.1, -0.05) is 12.1 Å². The van der Waals surface area contributed by atoms with Crippen molar-refractivity contribution in [2.24, 2.45) is 5.14 Å². The molecule has 0 unspecified atom stereocenters. The van der Waals surface area contributed by atoms with Gasteiger partial charge in [0.1, 0.15) is 16.9 Å². The summed E-state index contributed by atoms with van der Waals surface area (Å²) in [7, 11) is -3.81. The summed E-state index contributed by atoms with van der Waals surface area (Å²) in [5.74, 6) is 0.620. The molecule has 0 aliphatic carbocycles. The first-order chi connectivity index (χ1) is 12.3. The van der Waals surface area contributed by atoms with Crippen LogP contribution in [0.2, 0.25) is 0 Å². The zero-order valence-electron chi connectivity index (χ0n) is 13.6. The van der Waals surface area contributed by atoms with Crippen molar-refractivity contribution in [3.05, 3.63) is 51.1 Å². The summed E-state index contributed by atoms with van der Waals surface area (Å²) in [5, 5.41) is 16.1. The molecule has 0 spiro atoms. The maximum absolute atomic E-state index is 11.8. The predicted molar refractivity (Wildman–Crippen MR) is 101 cm³/mol. The number of aromatic nitrogens is 1. The van der Waals surface area contributed by atoms with E-state index in [2.05, 4.69) is 20.9 Å². The number of nitrogens with zero attached hydrogens (tertiary/aromatic N) is 4. The van der Waals surface area contributed by atoms with E-state index in [1.807, 2.05) is 9.80 Å². The molecular weight excluding hydrogens is 426 g/mol. The molecule has 0 radical (unpaired) electrons. The second-order valence-electron chi connectivity index (χ2n) is 5.74. The van der Waals surface area contributed by atoms with Crippen molar-refractivity contribution in [1.29, 1.82) is 0 Å². The van der Waals surface area contributed by atoms with Crippen LogP contribution < -0.4 is 14.9 Å². The summed E-state index contributed by atoms with van der Waals surface area (Å²) in [5.41, 5.74) is 0.492. The Kier molecular flexibility index (Phi) is 5.12. The number of halogens is 1. The Morgan fingerprint density at radius 3 is 2.35 bits per heavy atom. The molecule has 1 aliphatic heterocycles. The van der Waals surface area contributed by atoms with E-state index in [4.69, 9.17) is 5.14 Å². The van der Waals surface area contributed by atoms with Crippen molar-refractivity contribution >= 4 is 43.1 Å². The molecule has 26 heavy (non-hydrogen) atoms. The van der Waals surface area contributed by atoms with Crippen molar-refractivity contribution in [1.82, 2.24) is 4.98 Å². The number of sulfonamides is 1. The molecule has 0 amide bonds. The minimum Gasteiger partial charge on any atom is -0.367 e. The van der Waals surface area contributed by atoms with Crippen molar-refractivity contribution in [2.75, 3.05) is 36.0 Å². The summed E-state index contributed by atoms with van der Waals surface area (Å²) in [6.45, 7) is 2.31. The molecule has 1 aromatic heterocycles. The maximum atomic E-state index is 11.8. The summed E-state index contributed by atoms with van der Waals surface area (Å²) in [4.78, 5) is 18.5. The Morgan fingerprint density at radius 1 is 1.15 bits per heavy atom. The minimum absolute atomic E-state index is 0.0821. The molecule has 3 rings (SSSR count). The van der Waals surface area contributed by atoms with Crippen LogP contribution in [-0.4, -0.2) is 44.5 Å². The Balaban J connectivity index is 1.78. The van der Waals surface area contributed by atoms with E-state index >= 15 is 0 Å². The van der Waals surface area contributed by atoms with Gasteiger partial charge < -0.3 is 9.80 Å². The fraction of sp³-hybridized carbons (Fsp3) is 0.267. The maximum Gasteiger partial charge on any atom is 0.288 e. The fourth-order valence-electron chi connectivity index (χ4n) is 2.87. The van der Waals surface area contributed by atoms with Gasteiger partial charge in [0, 0.05) is 32.2 Å². The molecule has 0 saturated carbocycles. The molecule has 2 N–H and O–H groups in total. The van der Waals surface area contributed by atoms with E-state index in [1.165, 1.54) is 18.3 Å². The van der Waals surface area contributed by atoms with Gasteiger partial charge >= 0.3 is 0 Å². The van der Waals surface area contributed by atoms with Crippen LogP contribution >= 0.6 is 15.9 Å². The van der Waals surface area contributed by atoms with Gasteiger partial charge in [-0.05, 0) is 28.1 Å². The van der Waals surface area contributed by atoms with Crippen LogP contribution in [0.5, 0.6) is 0 Å². The summed E-state index contributed by atoms with van der Waals surface area (Å²) in [6, 6.07) is 8.05. The summed E-state index contributed by atoms with van der Waals surface area (Å²) < 4.78 is 24.1. The van der Waals surface area contributed by atoms with Crippen LogP contribution in [0.3, 0.4) is 0 Å². The van der Waals surface area contributed by atoms with Gasteiger partial charge in [0.05, 0.1) is 15.1 Å². The van der Waals surface area contributed by atoms with Gasteiger partial charge in [0.15, 0.2) is 0 Å². The van der Waals surface area contributed by atoms with Crippen molar-refractivity contribution in [3.63, 3.8) is 0 Å². The van der Waals surface area contributed by atoms with Crippen LogP contribution in [0.4, 0.5) is 17.2 Å². The lowest BCUT2D eigenvalue weighted by atomic mass is 10.2. The number of piperazine rings is 1. The molecule has 0 atom stereocenters. The highest BCUT2D eigenvalue weighted by atomic mass is 79.9. The molecule has 2 heterocycles. The van der Waals surface area contributed by atoms with Gasteiger partial charge in [0.25, 0.3) is 5.69 Å². The lowest BCUT2D eigenvalue weighted by molar-refractivity contribution is -0.385. The standard InChI is InChI=1S/C15H16BrN5O4S/c16-12-9-11(21(22)23)10-18-15(12)20-7-5-19(6-8-20)13-3-1-2-4-14(13)26(17,24)25/h1-4,9-10H,5-8H2,(H2,17,24,25). The average Bonchev–Trinajstić information content (AvgIpc) is 2.61. The zero-order chi connectivity index (χ0) is 18.9. The largest absolute Gasteiger partial charge is 0.367 e. The smallest absolute Gasteiger partial charge is 0.288 e. The van der Waals surface area contributed by atoms with Crippen LogP contribution in [0.15, 0.2) is 45.9 Å². The van der Waals surface area contributed by atoms with Crippen molar-refractivity contribution in [3.8, 4) is 0 Å². The number of hydrogen-bond donors (Lipinski definition) is 1. The zero-order valence-corrected chi connectivity index (χ0v) is 16.0. The second kappa shape index (κ2) is 7.17. The number of anilines is 2. The predicted octanol–water partition coefficient (Wildman–Crippen LogP) is 1.73. The number of nitro groups is 1. The first-order valence-corrected chi connectivity index (χ1v) is 10.0. The van der Waals surface area contributed by atoms with E-state index in [0.717, 1.165) is 0 Å². The quantitative estimate of drug-likeness (QED) is 0.565. The van der Waals surface area contributed by atoms with Crippen molar-refractivity contribution < 1.29 is 13.3 Å². The third-order valence-corrected chi connectivity index (χ3v) is 5.65. The van der Waals surface area contributed by atoms with E-state index in [0.29, 0.717) is 42.2 Å². The summed E-state index contributed by atoms with van der Waals surface area (Å²) in [6.07, 6.45) is 1.22. The molecule has 1 saturated heterocycles. The normalized spacial score (nSPS) is 15.2. The number of pyridine rings is 1. The highest BCUT2D eigenvalue weighted by Crippen LogP contribution is 2.30. The number of benzene rings is 1. The monoisotopic (exact) mass is 441 g/mol. The lowest BCUT2D eigenvalue weighted by Gasteiger charge is -2.37. The Morgan fingerprint density at radius 2 is 1.77 bits per heavy atom. The molecule has 9 nitrogen and oxygen atoms in total. The molecule has 138 valence electrons. The van der Waals surface area contributed by atoms with E-state index in [-0.39, 0.29) is 10.6 Å². The Hall–Kier alpha value is -2.24. The molecule has 1 fully saturated rings. The molecule has 11 heteroatoms. The van der Waals surface area contributed by atoms with Gasteiger partial charge in [0.2, 0.25) is 10.0 Å². The minimum atomic E-state index is -3.81. The first kappa shape index (κ1) is 18.5. The Labute approximate surface area is 158 Å². The second-order valence-corrected chi connectivity index (χ2v) is 8.13. The SMILES string of the molecule is NS(=O)(=O)c1ccccc1N1CCN(c2ncc([N+](=O)[O-])cc2Br)CC1. The van der Waals surface area contributed by atoms with Gasteiger partial charge in [-0.15, -0.1) is 0 Å². The van der Waals surface area contributed by atoms with E-state index in [9.17, 15) is 18.5 Å². The fourth-order valence-corrected chi connectivity index (χ4v) is 4.22. The average molecular weight is 442 g/mol. The first-order valence-electron chi connectivity index (χ1n) is 7.69. The van der Waals surface area contributed by atoms with Crippen LogP contribution in [0.25, 0.3) is 0 Å². The third-order valence-electron chi connectivity index (χ3n) is 4.11. The molecule has 1 aliphatic rings. The number of hydrogen-bond acceptors (Lipinski definition) is 7. The molecule has 2 aromatic rings. The third kappa shape index (κ3) is 3.79. The van der Waals surface area contributed by atoms with Gasteiger partial charge in [-0.3, -0.25) is 10.1 Å². The van der Waals surface area contributed by atoms with E-state index < -0.39 is 14.9 Å². The molecule has 0 bridgehead atoms. The van der Waals surface area contributed by atoms with Crippen LogP contribution in [0, 0.1) is 10.1 Å². The number of rotatable bonds is 4. The summed E-state index contributed by atoms with van der Waals surface area (Å²) >= 11 is 3.33. The number of nitrogens with two attached hydrogens (primary N) is 1. The van der Waals surface area contributed by atoms with Crippen LogP contribution in [0.1, 0.15) is 0 Å². The number of primary sulfonamides is 1. The lowest BCUT2D eigenvalue weighted by Crippen LogP contribution is -2.47. The Bertz CT molecular complexity index is 945. The van der Waals surface area contributed by atoms with Gasteiger partial charge in [-0.25, -0.2) is 18.5 Å². The van der Waals surface area contributed by atoms with E-state index in [1.54, 1.807) is 18.2 Å².